The van der Waals surface area contributed by atoms with Crippen molar-refractivity contribution < 1.29 is 9.50 Å². The Hall–Kier alpha value is -1.39. The van der Waals surface area contributed by atoms with Crippen molar-refractivity contribution in [3.8, 4) is 0 Å². The number of aliphatic hydroxyl groups excluding tert-OH is 1. The number of rotatable bonds is 4. The van der Waals surface area contributed by atoms with E-state index in [9.17, 15) is 9.50 Å². The van der Waals surface area contributed by atoms with Crippen LogP contribution in [0.1, 0.15) is 18.2 Å². The van der Waals surface area contributed by atoms with Crippen molar-refractivity contribution in [3.63, 3.8) is 0 Å². The van der Waals surface area contributed by atoms with Gasteiger partial charge in [0, 0.05) is 48.3 Å². The van der Waals surface area contributed by atoms with Gasteiger partial charge in [-0.1, -0.05) is 18.2 Å². The average Bonchev–Trinajstić information content (AvgIpc) is 2.82. The van der Waals surface area contributed by atoms with E-state index in [-0.39, 0.29) is 12.5 Å². The lowest BCUT2D eigenvalue weighted by Gasteiger charge is -2.35. The number of nitrogens with zero attached hydrogens (tertiary/aromatic N) is 1. The summed E-state index contributed by atoms with van der Waals surface area (Å²) in [6, 6.07) is 8.74. The maximum absolute atomic E-state index is 12.8. The fourth-order valence-corrected chi connectivity index (χ4v) is 3.14. The molecule has 1 aromatic heterocycles. The first kappa shape index (κ1) is 13.6. The summed E-state index contributed by atoms with van der Waals surface area (Å²) in [6.07, 6.45) is 0.976. The second-order valence-electron chi connectivity index (χ2n) is 5.81. The smallest absolute Gasteiger partial charge is 0.0956 e. The minimum atomic E-state index is -0.459. The van der Waals surface area contributed by atoms with Gasteiger partial charge >= 0.3 is 0 Å². The van der Waals surface area contributed by atoms with E-state index in [4.69, 9.17) is 0 Å². The molecule has 1 aliphatic heterocycles. The van der Waals surface area contributed by atoms with Crippen molar-refractivity contribution in [2.45, 2.75) is 25.9 Å². The molecule has 3 nitrogen and oxygen atoms in total. The highest BCUT2D eigenvalue weighted by molar-refractivity contribution is 5.84. The van der Waals surface area contributed by atoms with Crippen LogP contribution in [0, 0.1) is 5.92 Å². The molecule has 0 spiro atoms. The second-order valence-corrected chi connectivity index (χ2v) is 5.81. The molecule has 0 saturated heterocycles. The van der Waals surface area contributed by atoms with Gasteiger partial charge in [-0.2, -0.15) is 0 Å². The number of fused-ring (bicyclic) bond motifs is 3. The molecule has 2 N–H and O–H groups in total. The van der Waals surface area contributed by atoms with E-state index >= 15 is 0 Å². The van der Waals surface area contributed by atoms with Gasteiger partial charge in [0.2, 0.25) is 0 Å². The number of halogens is 1. The van der Waals surface area contributed by atoms with Crippen molar-refractivity contribution in [2.75, 3.05) is 19.8 Å². The normalized spacial score (nSPS) is 21.1. The largest absolute Gasteiger partial charge is 0.396 e. The summed E-state index contributed by atoms with van der Waals surface area (Å²) in [4.78, 5) is 5.74. The SMILES string of the molecule is CC1Cc2c([nH]c3ccccc23)CN1CC(CO)CF. The van der Waals surface area contributed by atoms with Crippen molar-refractivity contribution in [3.05, 3.63) is 35.5 Å². The van der Waals surface area contributed by atoms with Gasteiger partial charge in [-0.15, -0.1) is 0 Å². The first-order chi connectivity index (χ1) is 9.72. The van der Waals surface area contributed by atoms with Gasteiger partial charge in [0.15, 0.2) is 0 Å². The summed E-state index contributed by atoms with van der Waals surface area (Å²) >= 11 is 0. The van der Waals surface area contributed by atoms with E-state index in [1.807, 2.05) is 6.07 Å². The number of benzene rings is 1. The highest BCUT2D eigenvalue weighted by atomic mass is 19.1. The monoisotopic (exact) mass is 276 g/mol. The van der Waals surface area contributed by atoms with E-state index < -0.39 is 6.67 Å². The zero-order valence-corrected chi connectivity index (χ0v) is 11.8. The third kappa shape index (κ3) is 2.34. The van der Waals surface area contributed by atoms with Gasteiger partial charge in [0.1, 0.15) is 0 Å². The predicted octanol–water partition coefficient (Wildman–Crippen LogP) is 2.49. The molecule has 2 heterocycles. The summed E-state index contributed by atoms with van der Waals surface area (Å²) in [6.45, 7) is 3.06. The molecule has 1 aliphatic rings. The van der Waals surface area contributed by atoms with E-state index in [0.717, 1.165) is 13.0 Å². The summed E-state index contributed by atoms with van der Waals surface area (Å²) in [5.41, 5.74) is 3.81. The molecule has 0 radical (unpaired) electrons. The number of nitrogens with one attached hydrogen (secondary N) is 1. The first-order valence-electron chi connectivity index (χ1n) is 7.22. The summed E-state index contributed by atoms with van der Waals surface area (Å²) in [5, 5.41) is 10.5. The number of aliphatic hydroxyl groups is 1. The van der Waals surface area contributed by atoms with Crippen molar-refractivity contribution in [2.24, 2.45) is 5.92 Å². The minimum Gasteiger partial charge on any atom is -0.396 e. The summed E-state index contributed by atoms with van der Waals surface area (Å²) in [5.74, 6) is -0.275. The Labute approximate surface area is 118 Å². The molecule has 2 unspecified atom stereocenters. The second kappa shape index (κ2) is 5.54. The molecule has 1 aromatic carbocycles. The van der Waals surface area contributed by atoms with E-state index in [1.54, 1.807) is 0 Å². The Morgan fingerprint density at radius 2 is 2.25 bits per heavy atom. The van der Waals surface area contributed by atoms with Gasteiger partial charge in [-0.25, -0.2) is 0 Å². The molecule has 0 saturated carbocycles. The molecule has 0 aliphatic carbocycles. The third-order valence-corrected chi connectivity index (χ3v) is 4.36. The van der Waals surface area contributed by atoms with Crippen LogP contribution in [0.5, 0.6) is 0 Å². The van der Waals surface area contributed by atoms with Crippen LogP contribution in [0.25, 0.3) is 10.9 Å². The summed E-state index contributed by atoms with van der Waals surface area (Å²) in [7, 11) is 0. The van der Waals surface area contributed by atoms with Gasteiger partial charge < -0.3 is 10.1 Å². The average molecular weight is 276 g/mol. The van der Waals surface area contributed by atoms with Gasteiger partial charge in [0.25, 0.3) is 0 Å². The fourth-order valence-electron chi connectivity index (χ4n) is 3.14. The van der Waals surface area contributed by atoms with Crippen molar-refractivity contribution >= 4 is 10.9 Å². The minimum absolute atomic E-state index is 0.0840. The van der Waals surface area contributed by atoms with Crippen LogP contribution in [0.2, 0.25) is 0 Å². The number of aromatic amines is 1. The van der Waals surface area contributed by atoms with E-state index in [0.29, 0.717) is 12.6 Å². The summed E-state index contributed by atoms with van der Waals surface area (Å²) < 4.78 is 12.8. The maximum atomic E-state index is 12.8. The molecule has 3 rings (SSSR count). The van der Waals surface area contributed by atoms with Crippen LogP contribution < -0.4 is 0 Å². The number of para-hydroxylation sites is 1. The van der Waals surface area contributed by atoms with Gasteiger partial charge in [-0.3, -0.25) is 9.29 Å². The van der Waals surface area contributed by atoms with Crippen LogP contribution in [-0.2, 0) is 13.0 Å². The zero-order chi connectivity index (χ0) is 14.1. The number of H-pyrrole nitrogens is 1. The molecule has 2 aromatic rings. The van der Waals surface area contributed by atoms with Crippen LogP contribution in [-0.4, -0.2) is 40.9 Å². The van der Waals surface area contributed by atoms with Crippen LogP contribution in [0.3, 0.4) is 0 Å². The molecule has 108 valence electrons. The molecule has 0 bridgehead atoms. The number of aromatic nitrogens is 1. The molecule has 0 amide bonds. The molecule has 4 heteroatoms. The van der Waals surface area contributed by atoms with Crippen molar-refractivity contribution in [1.82, 2.24) is 9.88 Å². The Bertz CT molecular complexity index is 591. The fraction of sp³-hybridized carbons (Fsp3) is 0.500. The molecule has 20 heavy (non-hydrogen) atoms. The molecular formula is C16H21FN2O. The molecule has 2 atom stereocenters. The molecule has 0 fully saturated rings. The van der Waals surface area contributed by atoms with E-state index in [2.05, 4.69) is 35.0 Å². The maximum Gasteiger partial charge on any atom is 0.0956 e. The lowest BCUT2D eigenvalue weighted by atomic mass is 9.96. The Kier molecular flexibility index (Phi) is 3.76. The van der Waals surface area contributed by atoms with Crippen LogP contribution in [0.15, 0.2) is 24.3 Å². The first-order valence-corrected chi connectivity index (χ1v) is 7.22. The number of hydrogen-bond donors (Lipinski definition) is 2. The lowest BCUT2D eigenvalue weighted by molar-refractivity contribution is 0.106. The predicted molar refractivity (Wildman–Crippen MR) is 78.4 cm³/mol. The topological polar surface area (TPSA) is 39.3 Å². The van der Waals surface area contributed by atoms with Gasteiger partial charge in [0.05, 0.1) is 6.67 Å². The van der Waals surface area contributed by atoms with Gasteiger partial charge in [-0.05, 0) is 25.0 Å². The Balaban J connectivity index is 1.86. The molecular weight excluding hydrogens is 255 g/mol. The van der Waals surface area contributed by atoms with E-state index in [1.165, 1.54) is 22.2 Å². The standard InChI is InChI=1S/C16H21FN2O/c1-11-6-14-13-4-2-3-5-15(13)18-16(14)9-19(11)8-12(7-17)10-20/h2-5,11-12,18,20H,6-10H2,1H3. The highest BCUT2D eigenvalue weighted by Gasteiger charge is 2.27. The van der Waals surface area contributed by atoms with Crippen molar-refractivity contribution in [1.29, 1.82) is 0 Å². The quantitative estimate of drug-likeness (QED) is 0.900. The highest BCUT2D eigenvalue weighted by Crippen LogP contribution is 2.30. The third-order valence-electron chi connectivity index (χ3n) is 4.36. The van der Waals surface area contributed by atoms with Crippen LogP contribution in [0.4, 0.5) is 4.39 Å². The number of alkyl halides is 1. The van der Waals surface area contributed by atoms with Crippen LogP contribution >= 0.6 is 0 Å². The Morgan fingerprint density at radius 1 is 1.45 bits per heavy atom. The number of hydrogen-bond acceptors (Lipinski definition) is 2. The Morgan fingerprint density at radius 3 is 3.00 bits per heavy atom. The lowest BCUT2D eigenvalue weighted by Crippen LogP contribution is -2.42. The zero-order valence-electron chi connectivity index (χ0n) is 11.8.